The Bertz CT molecular complexity index is 784. The second-order valence-electron chi connectivity index (χ2n) is 7.10. The van der Waals surface area contributed by atoms with E-state index in [0.717, 1.165) is 24.0 Å². The fraction of sp³-hybridized carbons (Fsp3) is 0.318. The number of rotatable bonds is 3. The number of halogens is 2. The standard InChI is InChI=1S/C22H20Cl2O2/c23-18-9-5-16(6-10-18)22(17-7-11-19(24)12-8-17)14-20(26-21(22)25)13-15-3-1-2-4-15/h5-13,20H,1-4,14H2/t20-/m1/s1. The molecule has 2 aromatic carbocycles. The summed E-state index contributed by atoms with van der Waals surface area (Å²) >= 11 is 12.1. The molecule has 1 saturated heterocycles. The number of cyclic esters (lactones) is 1. The van der Waals surface area contributed by atoms with Crippen LogP contribution in [0, 0.1) is 0 Å². The minimum Gasteiger partial charge on any atom is -0.457 e. The van der Waals surface area contributed by atoms with Crippen LogP contribution in [-0.2, 0) is 14.9 Å². The number of carbonyl (C=O) groups excluding carboxylic acids is 1. The number of benzene rings is 2. The predicted octanol–water partition coefficient (Wildman–Crippen LogP) is 6.10. The van der Waals surface area contributed by atoms with Crippen molar-refractivity contribution in [1.29, 1.82) is 0 Å². The van der Waals surface area contributed by atoms with Crippen LogP contribution < -0.4 is 0 Å². The fourth-order valence-electron chi connectivity index (χ4n) is 4.12. The minimum atomic E-state index is -0.824. The van der Waals surface area contributed by atoms with E-state index in [2.05, 4.69) is 6.08 Å². The first-order chi connectivity index (χ1) is 12.6. The molecule has 1 atom stereocenters. The van der Waals surface area contributed by atoms with Gasteiger partial charge in [0.15, 0.2) is 0 Å². The van der Waals surface area contributed by atoms with Gasteiger partial charge in [0, 0.05) is 16.5 Å². The van der Waals surface area contributed by atoms with Gasteiger partial charge in [-0.25, -0.2) is 0 Å². The molecule has 0 unspecified atom stereocenters. The number of allylic oxidation sites excluding steroid dienone is 1. The summed E-state index contributed by atoms with van der Waals surface area (Å²) in [4.78, 5) is 13.1. The normalized spacial score (nSPS) is 21.7. The van der Waals surface area contributed by atoms with Crippen molar-refractivity contribution in [3.63, 3.8) is 0 Å². The number of hydrogen-bond donors (Lipinski definition) is 0. The number of carbonyl (C=O) groups is 1. The van der Waals surface area contributed by atoms with Crippen molar-refractivity contribution >= 4 is 29.2 Å². The van der Waals surface area contributed by atoms with Crippen LogP contribution in [0.3, 0.4) is 0 Å². The van der Waals surface area contributed by atoms with Gasteiger partial charge in [0.25, 0.3) is 0 Å². The van der Waals surface area contributed by atoms with Crippen LogP contribution in [0.15, 0.2) is 60.2 Å². The molecular formula is C22H20Cl2O2. The summed E-state index contributed by atoms with van der Waals surface area (Å²) < 4.78 is 5.83. The maximum Gasteiger partial charge on any atom is 0.321 e. The van der Waals surface area contributed by atoms with E-state index in [1.807, 2.05) is 48.5 Å². The van der Waals surface area contributed by atoms with Crippen LogP contribution in [0.4, 0.5) is 0 Å². The first-order valence-electron chi connectivity index (χ1n) is 9.01. The van der Waals surface area contributed by atoms with E-state index in [4.69, 9.17) is 27.9 Å². The Hall–Kier alpha value is -1.77. The molecule has 0 radical (unpaired) electrons. The molecule has 2 aliphatic rings. The highest BCUT2D eigenvalue weighted by molar-refractivity contribution is 6.30. The SMILES string of the molecule is O=C1O[C@H](C=C2CCCC2)CC1(c1ccc(Cl)cc1)c1ccc(Cl)cc1. The first kappa shape index (κ1) is 17.6. The van der Waals surface area contributed by atoms with Crippen LogP contribution in [0.5, 0.6) is 0 Å². The number of esters is 1. The second-order valence-corrected chi connectivity index (χ2v) is 7.97. The Morgan fingerprint density at radius 3 is 1.88 bits per heavy atom. The van der Waals surface area contributed by atoms with Crippen LogP contribution in [0.1, 0.15) is 43.2 Å². The van der Waals surface area contributed by atoms with Gasteiger partial charge in [-0.3, -0.25) is 4.79 Å². The summed E-state index contributed by atoms with van der Waals surface area (Å²) in [6.45, 7) is 0. The predicted molar refractivity (Wildman–Crippen MR) is 105 cm³/mol. The molecule has 4 heteroatoms. The molecule has 0 aromatic heterocycles. The van der Waals surface area contributed by atoms with Crippen molar-refractivity contribution < 1.29 is 9.53 Å². The monoisotopic (exact) mass is 386 g/mol. The summed E-state index contributed by atoms with van der Waals surface area (Å²) in [5.74, 6) is -0.206. The second kappa shape index (κ2) is 7.09. The van der Waals surface area contributed by atoms with Crippen molar-refractivity contribution in [2.75, 3.05) is 0 Å². The molecule has 1 aliphatic heterocycles. The summed E-state index contributed by atoms with van der Waals surface area (Å²) in [5, 5.41) is 1.30. The Morgan fingerprint density at radius 2 is 1.38 bits per heavy atom. The van der Waals surface area contributed by atoms with Gasteiger partial charge in [-0.15, -0.1) is 0 Å². The summed E-state index contributed by atoms with van der Waals surface area (Å²) in [6, 6.07) is 15.0. The van der Waals surface area contributed by atoms with Crippen molar-refractivity contribution in [3.05, 3.63) is 81.4 Å². The molecule has 0 amide bonds. The lowest BCUT2D eigenvalue weighted by Crippen LogP contribution is -2.33. The first-order valence-corrected chi connectivity index (χ1v) is 9.76. The van der Waals surface area contributed by atoms with E-state index >= 15 is 0 Å². The molecule has 1 heterocycles. The maximum atomic E-state index is 13.1. The van der Waals surface area contributed by atoms with Crippen LogP contribution >= 0.6 is 23.2 Å². The number of hydrogen-bond acceptors (Lipinski definition) is 2. The third-order valence-electron chi connectivity index (χ3n) is 5.46. The molecule has 1 aliphatic carbocycles. The van der Waals surface area contributed by atoms with Crippen LogP contribution in [-0.4, -0.2) is 12.1 Å². The van der Waals surface area contributed by atoms with Gasteiger partial charge in [0.1, 0.15) is 11.5 Å². The third kappa shape index (κ3) is 3.17. The zero-order chi connectivity index (χ0) is 18.1. The fourth-order valence-corrected chi connectivity index (χ4v) is 4.38. The smallest absolute Gasteiger partial charge is 0.321 e. The Balaban J connectivity index is 1.78. The average Bonchev–Trinajstić information content (AvgIpc) is 3.25. The van der Waals surface area contributed by atoms with E-state index in [-0.39, 0.29) is 12.1 Å². The third-order valence-corrected chi connectivity index (χ3v) is 5.96. The highest BCUT2D eigenvalue weighted by Crippen LogP contribution is 2.45. The Kier molecular flexibility index (Phi) is 4.81. The molecule has 0 spiro atoms. The minimum absolute atomic E-state index is 0.193. The van der Waals surface area contributed by atoms with Crippen molar-refractivity contribution in [1.82, 2.24) is 0 Å². The van der Waals surface area contributed by atoms with Gasteiger partial charge in [-0.05, 0) is 67.2 Å². The molecule has 2 aromatic rings. The van der Waals surface area contributed by atoms with Gasteiger partial charge in [0.2, 0.25) is 0 Å². The zero-order valence-electron chi connectivity index (χ0n) is 14.4. The molecule has 1 saturated carbocycles. The van der Waals surface area contributed by atoms with Gasteiger partial charge < -0.3 is 4.74 Å². The lowest BCUT2D eigenvalue weighted by Gasteiger charge is -2.26. The quantitative estimate of drug-likeness (QED) is 0.470. The Labute approximate surface area is 163 Å². The molecule has 4 rings (SSSR count). The molecule has 134 valence electrons. The highest BCUT2D eigenvalue weighted by atomic mass is 35.5. The van der Waals surface area contributed by atoms with E-state index in [1.54, 1.807) is 0 Å². The summed E-state index contributed by atoms with van der Waals surface area (Å²) in [5.41, 5.74) is 2.39. The summed E-state index contributed by atoms with van der Waals surface area (Å²) in [6.07, 6.45) is 7.25. The molecule has 26 heavy (non-hydrogen) atoms. The molecule has 2 fully saturated rings. The van der Waals surface area contributed by atoms with Gasteiger partial charge in [0.05, 0.1) is 0 Å². The van der Waals surface area contributed by atoms with Crippen molar-refractivity contribution in [3.8, 4) is 0 Å². The van der Waals surface area contributed by atoms with Crippen LogP contribution in [0.2, 0.25) is 10.0 Å². The molecule has 0 N–H and O–H groups in total. The molecular weight excluding hydrogens is 367 g/mol. The average molecular weight is 387 g/mol. The summed E-state index contributed by atoms with van der Waals surface area (Å²) in [7, 11) is 0. The largest absolute Gasteiger partial charge is 0.457 e. The molecule has 2 nitrogen and oxygen atoms in total. The van der Waals surface area contributed by atoms with E-state index in [0.29, 0.717) is 16.5 Å². The van der Waals surface area contributed by atoms with Gasteiger partial charge >= 0.3 is 5.97 Å². The maximum absolute atomic E-state index is 13.1. The highest BCUT2D eigenvalue weighted by Gasteiger charge is 2.51. The number of ether oxygens (including phenoxy) is 1. The van der Waals surface area contributed by atoms with Crippen molar-refractivity contribution in [2.45, 2.75) is 43.6 Å². The topological polar surface area (TPSA) is 26.3 Å². The van der Waals surface area contributed by atoms with Gasteiger partial charge in [-0.1, -0.05) is 53.0 Å². The lowest BCUT2D eigenvalue weighted by molar-refractivity contribution is -0.143. The molecule has 0 bridgehead atoms. The lowest BCUT2D eigenvalue weighted by atomic mass is 9.72. The van der Waals surface area contributed by atoms with E-state index in [9.17, 15) is 4.79 Å². The zero-order valence-corrected chi connectivity index (χ0v) is 15.9. The van der Waals surface area contributed by atoms with E-state index < -0.39 is 5.41 Å². The van der Waals surface area contributed by atoms with Crippen molar-refractivity contribution in [2.24, 2.45) is 0 Å². The van der Waals surface area contributed by atoms with Crippen LogP contribution in [0.25, 0.3) is 0 Å². The Morgan fingerprint density at radius 1 is 0.885 bits per heavy atom. The van der Waals surface area contributed by atoms with Gasteiger partial charge in [-0.2, -0.15) is 0 Å². The van der Waals surface area contributed by atoms with E-state index in [1.165, 1.54) is 18.4 Å².